The average Bonchev–Trinajstić information content (AvgIpc) is 2.61. The van der Waals surface area contributed by atoms with Crippen LogP contribution in [0.25, 0.3) is 0 Å². The van der Waals surface area contributed by atoms with Gasteiger partial charge in [-0.3, -0.25) is 15.0 Å². The van der Waals surface area contributed by atoms with Crippen LogP contribution in [-0.2, 0) is 12.7 Å². The van der Waals surface area contributed by atoms with E-state index in [1.54, 1.807) is 4.90 Å². The number of benzene rings is 2. The predicted molar refractivity (Wildman–Crippen MR) is 96.4 cm³/mol. The Hall–Kier alpha value is -2.81. The molecular weight excluding hydrogens is 361 g/mol. The van der Waals surface area contributed by atoms with E-state index in [1.807, 2.05) is 24.3 Å². The lowest BCUT2D eigenvalue weighted by atomic mass is 10.1. The molecule has 2 N–H and O–H groups in total. The van der Waals surface area contributed by atoms with Crippen LogP contribution in [0.3, 0.4) is 0 Å². The fourth-order valence-electron chi connectivity index (χ4n) is 3.21. The molecule has 9 heteroatoms. The molecule has 6 nitrogen and oxygen atoms in total. The van der Waals surface area contributed by atoms with Crippen LogP contribution < -0.4 is 10.6 Å². The summed E-state index contributed by atoms with van der Waals surface area (Å²) in [6, 6.07) is 10.2. The number of nitro groups is 1. The van der Waals surface area contributed by atoms with Crippen molar-refractivity contribution in [2.45, 2.75) is 12.7 Å². The second kappa shape index (κ2) is 7.43. The summed E-state index contributed by atoms with van der Waals surface area (Å²) in [5.41, 5.74) is 6.22. The highest BCUT2D eigenvalue weighted by Gasteiger charge is 2.34. The molecule has 0 atom stereocenters. The minimum atomic E-state index is -4.61. The zero-order valence-corrected chi connectivity index (χ0v) is 14.4. The largest absolute Gasteiger partial charge is 0.416 e. The normalized spacial score (nSPS) is 15.7. The topological polar surface area (TPSA) is 75.6 Å². The van der Waals surface area contributed by atoms with E-state index in [0.717, 1.165) is 11.6 Å². The summed E-state index contributed by atoms with van der Waals surface area (Å²) >= 11 is 0. The minimum Gasteiger partial charge on any atom is -0.399 e. The molecule has 0 radical (unpaired) electrons. The van der Waals surface area contributed by atoms with E-state index in [9.17, 15) is 23.3 Å². The van der Waals surface area contributed by atoms with Gasteiger partial charge in [0.15, 0.2) is 0 Å². The van der Waals surface area contributed by atoms with Gasteiger partial charge in [-0.15, -0.1) is 0 Å². The first-order chi connectivity index (χ1) is 12.7. The second-order valence-electron chi connectivity index (χ2n) is 6.47. The van der Waals surface area contributed by atoms with E-state index >= 15 is 0 Å². The van der Waals surface area contributed by atoms with Crippen molar-refractivity contribution in [1.82, 2.24) is 4.90 Å². The Morgan fingerprint density at radius 3 is 2.37 bits per heavy atom. The Labute approximate surface area is 154 Å². The van der Waals surface area contributed by atoms with Crippen LogP contribution in [0.1, 0.15) is 11.1 Å². The number of nitrogen functional groups attached to an aromatic ring is 1. The van der Waals surface area contributed by atoms with Crippen molar-refractivity contribution in [3.8, 4) is 0 Å². The maximum absolute atomic E-state index is 12.8. The minimum absolute atomic E-state index is 0.219. The van der Waals surface area contributed by atoms with Gasteiger partial charge in [0.1, 0.15) is 5.69 Å². The molecule has 0 aromatic heterocycles. The highest BCUT2D eigenvalue weighted by molar-refractivity contribution is 5.65. The van der Waals surface area contributed by atoms with Crippen LogP contribution in [0.2, 0.25) is 0 Å². The molecule has 0 saturated carbocycles. The zero-order chi connectivity index (χ0) is 19.6. The van der Waals surface area contributed by atoms with Gasteiger partial charge in [0.25, 0.3) is 5.69 Å². The van der Waals surface area contributed by atoms with Gasteiger partial charge in [-0.25, -0.2) is 0 Å². The average molecular weight is 380 g/mol. The van der Waals surface area contributed by atoms with Crippen molar-refractivity contribution in [2.75, 3.05) is 36.8 Å². The monoisotopic (exact) mass is 380 g/mol. The summed E-state index contributed by atoms with van der Waals surface area (Å²) in [6.07, 6.45) is -4.61. The number of halogens is 3. The van der Waals surface area contributed by atoms with Crippen molar-refractivity contribution in [3.05, 3.63) is 63.7 Å². The Bertz CT molecular complexity index is 834. The Balaban J connectivity index is 1.71. The van der Waals surface area contributed by atoms with Gasteiger partial charge in [-0.1, -0.05) is 12.1 Å². The fraction of sp³-hybridized carbons (Fsp3) is 0.333. The van der Waals surface area contributed by atoms with Crippen LogP contribution in [-0.4, -0.2) is 36.0 Å². The van der Waals surface area contributed by atoms with Crippen LogP contribution in [0.5, 0.6) is 0 Å². The summed E-state index contributed by atoms with van der Waals surface area (Å²) in [5, 5.41) is 11.3. The van der Waals surface area contributed by atoms with Gasteiger partial charge in [-0.2, -0.15) is 13.2 Å². The first-order valence-electron chi connectivity index (χ1n) is 8.41. The predicted octanol–water partition coefficient (Wildman–Crippen LogP) is 3.52. The number of anilines is 2. The second-order valence-corrected chi connectivity index (χ2v) is 6.47. The zero-order valence-electron chi connectivity index (χ0n) is 14.4. The Morgan fingerprint density at radius 1 is 1.07 bits per heavy atom. The Kier molecular flexibility index (Phi) is 5.22. The molecule has 1 heterocycles. The summed E-state index contributed by atoms with van der Waals surface area (Å²) < 4.78 is 38.5. The molecule has 0 aliphatic carbocycles. The van der Waals surface area contributed by atoms with E-state index in [4.69, 9.17) is 5.73 Å². The smallest absolute Gasteiger partial charge is 0.399 e. The molecule has 0 spiro atoms. The maximum Gasteiger partial charge on any atom is 0.416 e. The lowest BCUT2D eigenvalue weighted by Gasteiger charge is -2.36. The van der Waals surface area contributed by atoms with Crippen LogP contribution >= 0.6 is 0 Å². The molecule has 0 unspecified atom stereocenters. The molecule has 27 heavy (non-hydrogen) atoms. The maximum atomic E-state index is 12.8. The van der Waals surface area contributed by atoms with E-state index in [0.29, 0.717) is 44.5 Å². The first kappa shape index (κ1) is 19.0. The Morgan fingerprint density at radius 2 is 1.78 bits per heavy atom. The molecule has 2 aromatic rings. The molecule has 1 aliphatic rings. The third-order valence-corrected chi connectivity index (χ3v) is 4.57. The number of rotatable bonds is 4. The molecule has 0 bridgehead atoms. The van der Waals surface area contributed by atoms with E-state index in [2.05, 4.69) is 4.90 Å². The third kappa shape index (κ3) is 4.48. The van der Waals surface area contributed by atoms with E-state index in [-0.39, 0.29) is 5.69 Å². The molecule has 1 aliphatic heterocycles. The molecule has 144 valence electrons. The van der Waals surface area contributed by atoms with Gasteiger partial charge in [-0.05, 0) is 29.8 Å². The summed E-state index contributed by atoms with van der Waals surface area (Å²) in [7, 11) is 0. The van der Waals surface area contributed by atoms with Crippen LogP contribution in [0, 0.1) is 10.1 Å². The van der Waals surface area contributed by atoms with Crippen LogP contribution in [0.15, 0.2) is 42.5 Å². The summed E-state index contributed by atoms with van der Waals surface area (Å²) in [4.78, 5) is 14.4. The fourth-order valence-corrected chi connectivity index (χ4v) is 3.21. The lowest BCUT2D eigenvalue weighted by molar-refractivity contribution is -0.384. The summed E-state index contributed by atoms with van der Waals surface area (Å²) in [5.74, 6) is 0. The first-order valence-corrected chi connectivity index (χ1v) is 8.41. The summed E-state index contributed by atoms with van der Waals surface area (Å²) in [6.45, 7) is 2.98. The molecule has 2 aromatic carbocycles. The number of nitrogens with zero attached hydrogens (tertiary/aromatic N) is 3. The van der Waals surface area contributed by atoms with Crippen molar-refractivity contribution in [1.29, 1.82) is 0 Å². The van der Waals surface area contributed by atoms with Gasteiger partial charge in [0.2, 0.25) is 0 Å². The highest BCUT2D eigenvalue weighted by Crippen LogP contribution is 2.36. The lowest BCUT2D eigenvalue weighted by Crippen LogP contribution is -2.46. The number of alkyl halides is 3. The van der Waals surface area contributed by atoms with Crippen molar-refractivity contribution >= 4 is 17.1 Å². The SMILES string of the molecule is Nc1cccc(CN2CCN(c3ccc(C(F)(F)F)cc3[N+](=O)[O-])CC2)c1. The molecule has 0 amide bonds. The number of piperazine rings is 1. The third-order valence-electron chi connectivity index (χ3n) is 4.57. The number of nitro benzene ring substituents is 1. The van der Waals surface area contributed by atoms with Gasteiger partial charge in [0, 0.05) is 44.5 Å². The van der Waals surface area contributed by atoms with Gasteiger partial charge in [0.05, 0.1) is 10.5 Å². The van der Waals surface area contributed by atoms with E-state index in [1.165, 1.54) is 6.07 Å². The standard InChI is InChI=1S/C18H19F3N4O2/c19-18(20,21)14-4-5-16(17(11-14)25(26)27)24-8-6-23(7-9-24)12-13-2-1-3-15(22)10-13/h1-5,10-11H,6-9,12,22H2. The van der Waals surface area contributed by atoms with Gasteiger partial charge < -0.3 is 10.6 Å². The number of hydrogen-bond donors (Lipinski definition) is 1. The number of nitrogens with two attached hydrogens (primary N) is 1. The van der Waals surface area contributed by atoms with E-state index < -0.39 is 22.4 Å². The molecule has 3 rings (SSSR count). The highest BCUT2D eigenvalue weighted by atomic mass is 19.4. The number of hydrogen-bond acceptors (Lipinski definition) is 5. The van der Waals surface area contributed by atoms with Crippen molar-refractivity contribution in [2.24, 2.45) is 0 Å². The molecule has 1 saturated heterocycles. The van der Waals surface area contributed by atoms with Crippen molar-refractivity contribution in [3.63, 3.8) is 0 Å². The van der Waals surface area contributed by atoms with Crippen molar-refractivity contribution < 1.29 is 18.1 Å². The quantitative estimate of drug-likeness (QED) is 0.499. The molecular formula is C18H19F3N4O2. The molecule has 1 fully saturated rings. The van der Waals surface area contributed by atoms with Crippen LogP contribution in [0.4, 0.5) is 30.2 Å². The van der Waals surface area contributed by atoms with Gasteiger partial charge >= 0.3 is 6.18 Å².